The van der Waals surface area contributed by atoms with Crippen LogP contribution in [0.3, 0.4) is 0 Å². The second-order valence-corrected chi connectivity index (χ2v) is 1.80. The van der Waals surface area contributed by atoms with Gasteiger partial charge in [0.05, 0.1) is 6.10 Å². The van der Waals surface area contributed by atoms with E-state index in [0.29, 0.717) is 0 Å². The van der Waals surface area contributed by atoms with Gasteiger partial charge in [-0.1, -0.05) is 0 Å². The molecule has 0 N–H and O–H groups in total. The molecule has 0 aromatic heterocycles. The Kier molecular flexibility index (Phi) is 1.65. The van der Waals surface area contributed by atoms with Gasteiger partial charge in [0, 0.05) is 6.61 Å². The largest absolute Gasteiger partial charge is 0.376 e. The predicted molar refractivity (Wildman–Crippen MR) is 24.5 cm³/mol. The van der Waals surface area contributed by atoms with Crippen LogP contribution in [0.25, 0.3) is 0 Å². The van der Waals surface area contributed by atoms with Crippen LogP contribution in [0.1, 0.15) is 12.8 Å². The van der Waals surface area contributed by atoms with Crippen LogP contribution in [0, 0.1) is 0 Å². The second-order valence-electron chi connectivity index (χ2n) is 1.80. The number of rotatable bonds is 1. The Hall–Kier alpha value is -0.0800. The summed E-state index contributed by atoms with van der Waals surface area (Å²) in [5.74, 6) is 0. The van der Waals surface area contributed by atoms with Crippen LogP contribution in [0.5, 0.6) is 0 Å². The maximum absolute atomic E-state index is 10.0. The molecule has 0 saturated carbocycles. The first-order valence-electron chi connectivity index (χ1n) is 2.63. The molecule has 1 heterocycles. The molecule has 0 spiro atoms. The molecule has 1 fully saturated rings. The molecule has 41 valence electrons. The summed E-state index contributed by atoms with van der Waals surface area (Å²) in [6.45, 7) is 0.743. The van der Waals surface area contributed by atoms with Crippen molar-refractivity contribution in [3.8, 4) is 0 Å². The van der Waals surface area contributed by atoms with Gasteiger partial charge < -0.3 is 4.74 Å². The van der Waals surface area contributed by atoms with Crippen molar-refractivity contribution in [1.82, 2.24) is 0 Å². The van der Waals surface area contributed by atoms with Crippen molar-refractivity contribution in [2.24, 2.45) is 0 Å². The van der Waals surface area contributed by atoms with Crippen molar-refractivity contribution in [3.05, 3.63) is 0 Å². The summed E-state index contributed by atoms with van der Waals surface area (Å²) < 4.78 is 4.99. The van der Waals surface area contributed by atoms with Gasteiger partial charge in [0.2, 0.25) is 0 Å². The van der Waals surface area contributed by atoms with Gasteiger partial charge in [-0.05, 0) is 12.8 Å². The summed E-state index contributed by atoms with van der Waals surface area (Å²) in [4.78, 5) is 0. The molecule has 0 aromatic carbocycles. The quantitative estimate of drug-likeness (QED) is 0.475. The predicted octanol–water partition coefficient (Wildman–Crippen LogP) is 0.596. The highest BCUT2D eigenvalue weighted by Crippen LogP contribution is 2.09. The highest BCUT2D eigenvalue weighted by Gasteiger charge is 2.13. The molecule has 1 rings (SSSR count). The number of hydrogen-bond donors (Lipinski definition) is 0. The van der Waals surface area contributed by atoms with E-state index in [9.17, 15) is 5.11 Å². The van der Waals surface area contributed by atoms with Crippen LogP contribution < -0.4 is 0 Å². The fourth-order valence-electron chi connectivity index (χ4n) is 0.776. The molecule has 2 nitrogen and oxygen atoms in total. The van der Waals surface area contributed by atoms with Crippen LogP contribution in [0.4, 0.5) is 0 Å². The molecule has 1 saturated heterocycles. The summed E-state index contributed by atoms with van der Waals surface area (Å²) in [5.41, 5.74) is 0. The lowest BCUT2D eigenvalue weighted by Crippen LogP contribution is -2.08. The van der Waals surface area contributed by atoms with Gasteiger partial charge in [-0.2, -0.15) is 0 Å². The van der Waals surface area contributed by atoms with Crippen LogP contribution in [0.2, 0.25) is 0 Å². The Labute approximate surface area is 43.1 Å². The Balaban J connectivity index is 2.14. The van der Waals surface area contributed by atoms with E-state index in [1.807, 2.05) is 0 Å². The maximum atomic E-state index is 10.0. The molecular formula is C5H9O2. The number of ether oxygens (including phenoxy) is 1. The minimum atomic E-state index is -0.0556. The SMILES string of the molecule is [O]CC1CCCO1. The van der Waals surface area contributed by atoms with Crippen molar-refractivity contribution in [3.63, 3.8) is 0 Å². The van der Waals surface area contributed by atoms with Gasteiger partial charge in [0.1, 0.15) is 6.61 Å². The lowest BCUT2D eigenvalue weighted by atomic mass is 10.2. The van der Waals surface area contributed by atoms with Crippen molar-refractivity contribution in [2.75, 3.05) is 13.2 Å². The van der Waals surface area contributed by atoms with Crippen LogP contribution in [-0.2, 0) is 9.84 Å². The van der Waals surface area contributed by atoms with E-state index in [2.05, 4.69) is 0 Å². The smallest absolute Gasteiger partial charge is 0.108 e. The molecule has 7 heavy (non-hydrogen) atoms. The Morgan fingerprint density at radius 2 is 2.57 bits per heavy atom. The lowest BCUT2D eigenvalue weighted by Gasteiger charge is -1.98. The van der Waals surface area contributed by atoms with Crippen molar-refractivity contribution in [2.45, 2.75) is 18.9 Å². The summed E-state index contributed by atoms with van der Waals surface area (Å²) in [5, 5.41) is 10.0. The molecule has 2 heteroatoms. The highest BCUT2D eigenvalue weighted by atomic mass is 16.5. The zero-order valence-corrected chi connectivity index (χ0v) is 4.22. The average Bonchev–Trinajstić information content (AvgIpc) is 2.14. The zero-order chi connectivity index (χ0) is 5.11. The van der Waals surface area contributed by atoms with E-state index in [-0.39, 0.29) is 12.7 Å². The monoisotopic (exact) mass is 101 g/mol. The summed E-state index contributed by atoms with van der Waals surface area (Å²) >= 11 is 0. The van der Waals surface area contributed by atoms with Gasteiger partial charge in [0.25, 0.3) is 0 Å². The Morgan fingerprint density at radius 1 is 1.71 bits per heavy atom. The van der Waals surface area contributed by atoms with Crippen molar-refractivity contribution >= 4 is 0 Å². The van der Waals surface area contributed by atoms with Gasteiger partial charge in [-0.3, -0.25) is 0 Å². The molecule has 1 unspecified atom stereocenters. The van der Waals surface area contributed by atoms with Crippen molar-refractivity contribution in [1.29, 1.82) is 0 Å². The molecule has 1 aliphatic heterocycles. The zero-order valence-electron chi connectivity index (χ0n) is 4.22. The first kappa shape index (κ1) is 5.06. The number of hydrogen-bond acceptors (Lipinski definition) is 1. The topological polar surface area (TPSA) is 29.1 Å². The molecule has 1 aliphatic rings. The standard InChI is InChI=1S/C5H9O2/c6-4-5-2-1-3-7-5/h5H,1-4H2. The molecular weight excluding hydrogens is 92.1 g/mol. The maximum Gasteiger partial charge on any atom is 0.108 e. The Bertz CT molecular complexity index is 48.0. The van der Waals surface area contributed by atoms with Crippen LogP contribution >= 0.6 is 0 Å². The third kappa shape index (κ3) is 1.14. The minimum Gasteiger partial charge on any atom is -0.376 e. The second kappa shape index (κ2) is 2.28. The van der Waals surface area contributed by atoms with Gasteiger partial charge in [-0.25, -0.2) is 5.11 Å². The fraction of sp³-hybridized carbons (Fsp3) is 1.00. The van der Waals surface area contributed by atoms with Gasteiger partial charge >= 0.3 is 0 Å². The molecule has 0 amide bonds. The fourth-order valence-corrected chi connectivity index (χ4v) is 0.776. The van der Waals surface area contributed by atoms with E-state index in [1.54, 1.807) is 0 Å². The van der Waals surface area contributed by atoms with Crippen LogP contribution in [0.15, 0.2) is 0 Å². The highest BCUT2D eigenvalue weighted by molar-refractivity contribution is 4.61. The van der Waals surface area contributed by atoms with Crippen molar-refractivity contribution < 1.29 is 9.84 Å². The first-order chi connectivity index (χ1) is 3.43. The van der Waals surface area contributed by atoms with E-state index in [0.717, 1.165) is 19.4 Å². The average molecular weight is 101 g/mol. The molecule has 1 radical (unpaired) electrons. The molecule has 0 bridgehead atoms. The molecule has 1 atom stereocenters. The first-order valence-corrected chi connectivity index (χ1v) is 2.63. The third-order valence-corrected chi connectivity index (χ3v) is 1.21. The molecule has 0 aliphatic carbocycles. The summed E-state index contributed by atoms with van der Waals surface area (Å²) in [7, 11) is 0. The summed E-state index contributed by atoms with van der Waals surface area (Å²) in [6.07, 6.45) is 2.09. The molecule has 0 aromatic rings. The van der Waals surface area contributed by atoms with Gasteiger partial charge in [-0.15, -0.1) is 0 Å². The van der Waals surface area contributed by atoms with E-state index >= 15 is 0 Å². The minimum absolute atomic E-state index is 0.0417. The van der Waals surface area contributed by atoms with Gasteiger partial charge in [0.15, 0.2) is 0 Å². The normalized spacial score (nSPS) is 31.3. The van der Waals surface area contributed by atoms with E-state index in [4.69, 9.17) is 4.74 Å². The Morgan fingerprint density at radius 3 is 2.86 bits per heavy atom. The van der Waals surface area contributed by atoms with Crippen LogP contribution in [-0.4, -0.2) is 19.3 Å². The lowest BCUT2D eigenvalue weighted by molar-refractivity contribution is 0.0302. The third-order valence-electron chi connectivity index (χ3n) is 1.21. The van der Waals surface area contributed by atoms with E-state index < -0.39 is 0 Å². The van der Waals surface area contributed by atoms with E-state index in [1.165, 1.54) is 0 Å². The summed E-state index contributed by atoms with van der Waals surface area (Å²) in [6, 6.07) is 0.